The van der Waals surface area contributed by atoms with Crippen LogP contribution in [-0.4, -0.2) is 51.3 Å². The van der Waals surface area contributed by atoms with E-state index < -0.39 is 24.3 Å². The second kappa shape index (κ2) is 12.0. The number of unbranched alkanes of at least 4 members (excludes halogenated alkanes) is 1. The standard InChI is InChI=1S/C22H29ClO6/c23-15-6-5-7-17(12-15)29-14-16(24)10-11-19-18(20(25)13-21(19)26)8-3-1-2-4-9-22(27)28/h1,3,5-7,10-12,16,18-21,24-26H,2,4,8-9,13-14H2,(H,27,28)/b3-1-,11-10+/t16-,18+,19+,20-,21+/m1/s1. The molecule has 29 heavy (non-hydrogen) atoms. The summed E-state index contributed by atoms with van der Waals surface area (Å²) in [7, 11) is 0. The van der Waals surface area contributed by atoms with Crippen LogP contribution in [0.4, 0.5) is 0 Å². The molecule has 1 aromatic carbocycles. The summed E-state index contributed by atoms with van der Waals surface area (Å²) >= 11 is 5.90. The zero-order chi connectivity index (χ0) is 21.2. The van der Waals surface area contributed by atoms with Crippen molar-refractivity contribution in [3.8, 4) is 5.75 Å². The van der Waals surface area contributed by atoms with Crippen molar-refractivity contribution in [1.82, 2.24) is 0 Å². The Morgan fingerprint density at radius 3 is 2.79 bits per heavy atom. The number of aliphatic hydroxyl groups is 3. The van der Waals surface area contributed by atoms with Crippen LogP contribution < -0.4 is 4.74 Å². The van der Waals surface area contributed by atoms with E-state index in [1.54, 1.807) is 36.4 Å². The molecule has 1 aliphatic carbocycles. The average Bonchev–Trinajstić information content (AvgIpc) is 2.93. The molecule has 0 aliphatic heterocycles. The number of benzene rings is 1. The molecular formula is C22H29ClO6. The van der Waals surface area contributed by atoms with Crippen LogP contribution in [0.15, 0.2) is 48.6 Å². The van der Waals surface area contributed by atoms with E-state index in [4.69, 9.17) is 21.4 Å². The number of ether oxygens (including phenoxy) is 1. The van der Waals surface area contributed by atoms with Crippen molar-refractivity contribution < 1.29 is 30.0 Å². The average molecular weight is 425 g/mol. The maximum atomic E-state index is 10.5. The van der Waals surface area contributed by atoms with Crippen LogP contribution in [-0.2, 0) is 4.79 Å². The first-order valence-electron chi connectivity index (χ1n) is 9.84. The summed E-state index contributed by atoms with van der Waals surface area (Å²) in [5.74, 6) is -0.671. The Kier molecular flexibility index (Phi) is 9.67. The fourth-order valence-electron chi connectivity index (χ4n) is 3.50. The summed E-state index contributed by atoms with van der Waals surface area (Å²) in [5, 5.41) is 39.8. The van der Waals surface area contributed by atoms with E-state index in [0.717, 1.165) is 0 Å². The first kappa shape index (κ1) is 23.4. The summed E-state index contributed by atoms with van der Waals surface area (Å²) in [6.07, 6.45) is 7.26. The molecule has 0 heterocycles. The Hall–Kier alpha value is -1.86. The van der Waals surface area contributed by atoms with Gasteiger partial charge in [0, 0.05) is 23.8 Å². The molecular weight excluding hydrogens is 396 g/mol. The third-order valence-electron chi connectivity index (χ3n) is 5.02. The van der Waals surface area contributed by atoms with Crippen LogP contribution in [0.1, 0.15) is 32.1 Å². The van der Waals surface area contributed by atoms with Crippen molar-refractivity contribution >= 4 is 17.6 Å². The van der Waals surface area contributed by atoms with Crippen molar-refractivity contribution in [2.75, 3.05) is 6.61 Å². The Morgan fingerprint density at radius 1 is 1.28 bits per heavy atom. The van der Waals surface area contributed by atoms with Gasteiger partial charge in [-0.05, 0) is 43.4 Å². The van der Waals surface area contributed by atoms with Crippen LogP contribution in [0.3, 0.4) is 0 Å². The van der Waals surface area contributed by atoms with Crippen LogP contribution in [0, 0.1) is 11.8 Å². The number of hydrogen-bond donors (Lipinski definition) is 4. The Labute approximate surface area is 176 Å². The number of aliphatic hydroxyl groups excluding tert-OH is 3. The fraction of sp³-hybridized carbons (Fsp3) is 0.500. The van der Waals surface area contributed by atoms with Crippen LogP contribution in [0.5, 0.6) is 5.75 Å². The summed E-state index contributed by atoms with van der Waals surface area (Å²) in [4.78, 5) is 10.5. The molecule has 1 aromatic rings. The molecule has 2 rings (SSSR count). The number of allylic oxidation sites excluding steroid dienone is 2. The molecule has 7 heteroatoms. The van der Waals surface area contributed by atoms with Gasteiger partial charge in [-0.1, -0.05) is 42.0 Å². The lowest BCUT2D eigenvalue weighted by Crippen LogP contribution is -2.21. The van der Waals surface area contributed by atoms with Crippen molar-refractivity contribution in [2.45, 2.75) is 50.4 Å². The molecule has 5 atom stereocenters. The number of carboxylic acids is 1. The first-order chi connectivity index (χ1) is 13.9. The van der Waals surface area contributed by atoms with E-state index in [1.807, 2.05) is 12.2 Å². The molecule has 0 unspecified atom stereocenters. The van der Waals surface area contributed by atoms with Gasteiger partial charge in [-0.25, -0.2) is 0 Å². The fourth-order valence-corrected chi connectivity index (χ4v) is 3.68. The molecule has 0 aromatic heterocycles. The molecule has 0 radical (unpaired) electrons. The van der Waals surface area contributed by atoms with Crippen LogP contribution in [0.2, 0.25) is 5.02 Å². The summed E-state index contributed by atoms with van der Waals surface area (Å²) in [5.41, 5.74) is 0. The van der Waals surface area contributed by atoms with Gasteiger partial charge in [0.2, 0.25) is 0 Å². The van der Waals surface area contributed by atoms with Crippen molar-refractivity contribution in [1.29, 1.82) is 0 Å². The van der Waals surface area contributed by atoms with Gasteiger partial charge in [0.25, 0.3) is 0 Å². The molecule has 0 spiro atoms. The van der Waals surface area contributed by atoms with Gasteiger partial charge in [0.05, 0.1) is 12.2 Å². The van der Waals surface area contributed by atoms with Gasteiger partial charge >= 0.3 is 5.97 Å². The lowest BCUT2D eigenvalue weighted by atomic mass is 9.89. The van der Waals surface area contributed by atoms with Gasteiger partial charge in [0.1, 0.15) is 18.5 Å². The SMILES string of the molecule is O=C(O)CCC/C=C\C[C@H]1[C@H](/C=C/[C@@H](O)COc2cccc(Cl)c2)[C@@H](O)C[C@H]1O. The predicted octanol–water partition coefficient (Wildman–Crippen LogP) is 3.20. The Balaban J connectivity index is 1.83. The zero-order valence-corrected chi connectivity index (χ0v) is 17.0. The minimum absolute atomic E-state index is 0.0519. The van der Waals surface area contributed by atoms with Crippen molar-refractivity contribution in [2.24, 2.45) is 11.8 Å². The van der Waals surface area contributed by atoms with E-state index >= 15 is 0 Å². The van der Waals surface area contributed by atoms with Crippen molar-refractivity contribution in [3.05, 3.63) is 53.6 Å². The van der Waals surface area contributed by atoms with Crippen LogP contribution in [0.25, 0.3) is 0 Å². The smallest absolute Gasteiger partial charge is 0.303 e. The first-order valence-corrected chi connectivity index (χ1v) is 10.2. The molecule has 4 N–H and O–H groups in total. The quantitative estimate of drug-likeness (QED) is 0.321. The summed E-state index contributed by atoms with van der Waals surface area (Å²) in [6, 6.07) is 6.90. The monoisotopic (exact) mass is 424 g/mol. The molecule has 1 saturated carbocycles. The number of carbonyl (C=O) groups is 1. The molecule has 0 bridgehead atoms. The minimum atomic E-state index is -0.855. The molecule has 1 fully saturated rings. The predicted molar refractivity (Wildman–Crippen MR) is 111 cm³/mol. The highest BCUT2D eigenvalue weighted by molar-refractivity contribution is 6.30. The highest BCUT2D eigenvalue weighted by atomic mass is 35.5. The number of rotatable bonds is 11. The van der Waals surface area contributed by atoms with Crippen LogP contribution >= 0.6 is 11.6 Å². The highest BCUT2D eigenvalue weighted by Crippen LogP contribution is 2.36. The van der Waals surface area contributed by atoms with E-state index in [2.05, 4.69) is 0 Å². The number of aliphatic carboxylic acids is 1. The summed E-state index contributed by atoms with van der Waals surface area (Å²) < 4.78 is 5.51. The third-order valence-corrected chi connectivity index (χ3v) is 5.26. The van der Waals surface area contributed by atoms with Gasteiger partial charge in [-0.2, -0.15) is 0 Å². The van der Waals surface area contributed by atoms with Gasteiger partial charge in [0.15, 0.2) is 0 Å². The van der Waals surface area contributed by atoms with E-state index in [-0.39, 0.29) is 24.9 Å². The Bertz CT molecular complexity index is 704. The minimum Gasteiger partial charge on any atom is -0.491 e. The molecule has 6 nitrogen and oxygen atoms in total. The lowest BCUT2D eigenvalue weighted by Gasteiger charge is -2.19. The van der Waals surface area contributed by atoms with E-state index in [0.29, 0.717) is 36.5 Å². The largest absolute Gasteiger partial charge is 0.491 e. The topological polar surface area (TPSA) is 107 Å². The lowest BCUT2D eigenvalue weighted by molar-refractivity contribution is -0.137. The molecule has 0 amide bonds. The van der Waals surface area contributed by atoms with E-state index in [1.165, 1.54) is 0 Å². The van der Waals surface area contributed by atoms with Crippen molar-refractivity contribution in [3.63, 3.8) is 0 Å². The second-order valence-corrected chi connectivity index (χ2v) is 7.76. The highest BCUT2D eigenvalue weighted by Gasteiger charge is 2.39. The van der Waals surface area contributed by atoms with Gasteiger partial charge in [-0.15, -0.1) is 0 Å². The molecule has 0 saturated heterocycles. The normalized spacial score (nSPS) is 25.7. The Morgan fingerprint density at radius 2 is 2.07 bits per heavy atom. The maximum absolute atomic E-state index is 10.5. The van der Waals surface area contributed by atoms with Gasteiger partial charge < -0.3 is 25.2 Å². The maximum Gasteiger partial charge on any atom is 0.303 e. The van der Waals surface area contributed by atoms with Gasteiger partial charge in [-0.3, -0.25) is 4.79 Å². The van der Waals surface area contributed by atoms with E-state index in [9.17, 15) is 20.1 Å². The third kappa shape index (κ3) is 8.19. The molecule has 160 valence electrons. The number of halogens is 1. The number of carboxylic acid groups (broad SMARTS) is 1. The zero-order valence-electron chi connectivity index (χ0n) is 16.2. The molecule has 1 aliphatic rings. The summed E-state index contributed by atoms with van der Waals surface area (Å²) in [6.45, 7) is 0.0519. The number of hydrogen-bond acceptors (Lipinski definition) is 5. The second-order valence-electron chi connectivity index (χ2n) is 7.33.